The van der Waals surface area contributed by atoms with Crippen molar-refractivity contribution in [3.8, 4) is 5.75 Å². The van der Waals surface area contributed by atoms with E-state index in [1.165, 1.54) is 6.20 Å². The topological polar surface area (TPSA) is 63.2 Å². The first-order chi connectivity index (χ1) is 10.1. The smallest absolute Gasteiger partial charge is 0.257 e. The van der Waals surface area contributed by atoms with E-state index in [-0.39, 0.29) is 5.91 Å². The van der Waals surface area contributed by atoms with E-state index in [1.807, 2.05) is 6.92 Å². The van der Waals surface area contributed by atoms with Crippen LogP contribution in [0.5, 0.6) is 5.75 Å². The maximum Gasteiger partial charge on any atom is 0.257 e. The van der Waals surface area contributed by atoms with Gasteiger partial charge in [0.25, 0.3) is 5.91 Å². The van der Waals surface area contributed by atoms with Gasteiger partial charge in [-0.1, -0.05) is 11.6 Å². The maximum atomic E-state index is 12.2. The van der Waals surface area contributed by atoms with Gasteiger partial charge in [0.05, 0.1) is 17.2 Å². The number of nitrogens with zero attached hydrogens (tertiary/aromatic N) is 1. The zero-order chi connectivity index (χ0) is 15.2. The largest absolute Gasteiger partial charge is 0.494 e. The van der Waals surface area contributed by atoms with Crippen molar-refractivity contribution in [1.82, 2.24) is 4.98 Å². The standard InChI is InChI=1S/C15H16ClN3O2/c1-3-21-11-6-4-10(5-7-11)19-15(20)12-8-14(17-2)18-9-13(12)16/h4-9H,3H2,1-2H3,(H,17,18)(H,19,20). The molecule has 2 N–H and O–H groups in total. The first-order valence-corrected chi connectivity index (χ1v) is 6.89. The Hall–Kier alpha value is -2.27. The van der Waals surface area contributed by atoms with Crippen molar-refractivity contribution in [2.45, 2.75) is 6.92 Å². The molecule has 0 aliphatic carbocycles. The zero-order valence-electron chi connectivity index (χ0n) is 11.8. The Morgan fingerprint density at radius 2 is 2.05 bits per heavy atom. The number of pyridine rings is 1. The van der Waals surface area contributed by atoms with Gasteiger partial charge in [-0.2, -0.15) is 0 Å². The molecule has 0 saturated heterocycles. The van der Waals surface area contributed by atoms with Crippen LogP contribution in [0.15, 0.2) is 36.5 Å². The van der Waals surface area contributed by atoms with Gasteiger partial charge in [0.1, 0.15) is 11.6 Å². The fourth-order valence-electron chi connectivity index (χ4n) is 1.75. The number of ether oxygens (including phenoxy) is 1. The van der Waals surface area contributed by atoms with E-state index in [2.05, 4.69) is 15.6 Å². The second-order valence-corrected chi connectivity index (χ2v) is 4.62. The third-order valence-corrected chi connectivity index (χ3v) is 3.08. The third kappa shape index (κ3) is 3.86. The molecule has 21 heavy (non-hydrogen) atoms. The monoisotopic (exact) mass is 305 g/mol. The SMILES string of the molecule is CCOc1ccc(NC(=O)c2cc(NC)ncc2Cl)cc1. The van der Waals surface area contributed by atoms with Crippen LogP contribution in [-0.2, 0) is 0 Å². The number of aromatic nitrogens is 1. The Kier molecular flexibility index (Phi) is 5.00. The first kappa shape index (κ1) is 15.1. The molecule has 2 rings (SSSR count). The summed E-state index contributed by atoms with van der Waals surface area (Å²) in [6.45, 7) is 2.52. The van der Waals surface area contributed by atoms with E-state index in [4.69, 9.17) is 16.3 Å². The number of carbonyl (C=O) groups excluding carboxylic acids is 1. The van der Waals surface area contributed by atoms with Crippen molar-refractivity contribution in [2.75, 3.05) is 24.3 Å². The lowest BCUT2D eigenvalue weighted by atomic mass is 10.2. The van der Waals surface area contributed by atoms with Gasteiger partial charge in [-0.05, 0) is 37.3 Å². The van der Waals surface area contributed by atoms with E-state index in [0.717, 1.165) is 5.75 Å². The second kappa shape index (κ2) is 6.95. The van der Waals surface area contributed by atoms with Gasteiger partial charge >= 0.3 is 0 Å². The zero-order valence-corrected chi connectivity index (χ0v) is 12.6. The van der Waals surface area contributed by atoms with Crippen LogP contribution < -0.4 is 15.4 Å². The number of anilines is 2. The molecule has 0 aliphatic rings. The highest BCUT2D eigenvalue weighted by atomic mass is 35.5. The average molecular weight is 306 g/mol. The molecule has 1 aromatic carbocycles. The summed E-state index contributed by atoms with van der Waals surface area (Å²) in [5.41, 5.74) is 1.03. The predicted octanol–water partition coefficient (Wildman–Crippen LogP) is 3.43. The van der Waals surface area contributed by atoms with Gasteiger partial charge in [0.15, 0.2) is 0 Å². The fourth-order valence-corrected chi connectivity index (χ4v) is 1.94. The Bertz CT molecular complexity index is 629. The van der Waals surface area contributed by atoms with Crippen molar-refractivity contribution in [3.05, 3.63) is 47.1 Å². The first-order valence-electron chi connectivity index (χ1n) is 6.51. The Labute approximate surface area is 128 Å². The van der Waals surface area contributed by atoms with Gasteiger partial charge in [0, 0.05) is 18.9 Å². The summed E-state index contributed by atoms with van der Waals surface area (Å²) in [4.78, 5) is 16.3. The molecule has 0 bridgehead atoms. The molecule has 1 amide bonds. The summed E-state index contributed by atoms with van der Waals surface area (Å²) in [6.07, 6.45) is 1.44. The lowest BCUT2D eigenvalue weighted by Gasteiger charge is -2.09. The van der Waals surface area contributed by atoms with Crippen LogP contribution in [0.4, 0.5) is 11.5 Å². The second-order valence-electron chi connectivity index (χ2n) is 4.21. The van der Waals surface area contributed by atoms with Crippen LogP contribution >= 0.6 is 11.6 Å². The van der Waals surface area contributed by atoms with Crippen LogP contribution in [-0.4, -0.2) is 24.5 Å². The molecule has 0 aliphatic heterocycles. The van der Waals surface area contributed by atoms with Crippen molar-refractivity contribution in [2.24, 2.45) is 0 Å². The summed E-state index contributed by atoms with van der Waals surface area (Å²) >= 11 is 6.01. The van der Waals surface area contributed by atoms with Crippen LogP contribution in [0.25, 0.3) is 0 Å². The average Bonchev–Trinajstić information content (AvgIpc) is 2.50. The lowest BCUT2D eigenvalue weighted by molar-refractivity contribution is 0.102. The molecule has 2 aromatic rings. The highest BCUT2D eigenvalue weighted by Gasteiger charge is 2.12. The molecule has 6 heteroatoms. The van der Waals surface area contributed by atoms with Crippen molar-refractivity contribution in [3.63, 3.8) is 0 Å². The van der Waals surface area contributed by atoms with Crippen molar-refractivity contribution < 1.29 is 9.53 Å². The quantitative estimate of drug-likeness (QED) is 0.888. The normalized spacial score (nSPS) is 10.0. The van der Waals surface area contributed by atoms with Gasteiger partial charge in [0.2, 0.25) is 0 Å². The molecule has 0 fully saturated rings. The van der Waals surface area contributed by atoms with Gasteiger partial charge in [-0.25, -0.2) is 4.98 Å². The molecule has 1 aromatic heterocycles. The molecule has 5 nitrogen and oxygen atoms in total. The van der Waals surface area contributed by atoms with Gasteiger partial charge in [-0.3, -0.25) is 4.79 Å². The minimum atomic E-state index is -0.289. The highest BCUT2D eigenvalue weighted by Crippen LogP contribution is 2.21. The summed E-state index contributed by atoms with van der Waals surface area (Å²) < 4.78 is 5.35. The number of halogens is 1. The minimum absolute atomic E-state index is 0.289. The van der Waals surface area contributed by atoms with E-state index < -0.39 is 0 Å². The summed E-state index contributed by atoms with van der Waals surface area (Å²) in [6, 6.07) is 8.75. The summed E-state index contributed by atoms with van der Waals surface area (Å²) in [5.74, 6) is 1.05. The molecule has 0 unspecified atom stereocenters. The minimum Gasteiger partial charge on any atom is -0.494 e. The van der Waals surface area contributed by atoms with E-state index in [0.29, 0.717) is 28.7 Å². The van der Waals surface area contributed by atoms with Crippen molar-refractivity contribution >= 4 is 29.0 Å². The molecule has 110 valence electrons. The Morgan fingerprint density at radius 1 is 1.33 bits per heavy atom. The molecule has 1 heterocycles. The molecule has 0 saturated carbocycles. The number of nitrogens with one attached hydrogen (secondary N) is 2. The van der Waals surface area contributed by atoms with Crippen LogP contribution in [0.3, 0.4) is 0 Å². The maximum absolute atomic E-state index is 12.2. The number of hydrogen-bond acceptors (Lipinski definition) is 4. The van der Waals surface area contributed by atoms with E-state index >= 15 is 0 Å². The van der Waals surface area contributed by atoms with Crippen LogP contribution in [0, 0.1) is 0 Å². The van der Waals surface area contributed by atoms with Crippen molar-refractivity contribution in [1.29, 1.82) is 0 Å². The van der Waals surface area contributed by atoms with E-state index in [9.17, 15) is 4.79 Å². The summed E-state index contributed by atoms with van der Waals surface area (Å²) in [7, 11) is 1.73. The van der Waals surface area contributed by atoms with Gasteiger partial charge < -0.3 is 15.4 Å². The molecular formula is C15H16ClN3O2. The summed E-state index contributed by atoms with van der Waals surface area (Å²) in [5, 5.41) is 5.96. The fraction of sp³-hybridized carbons (Fsp3) is 0.200. The number of hydrogen-bond donors (Lipinski definition) is 2. The number of amides is 1. The number of carbonyl (C=O) groups is 1. The third-order valence-electron chi connectivity index (χ3n) is 2.78. The van der Waals surface area contributed by atoms with E-state index in [1.54, 1.807) is 37.4 Å². The molecular weight excluding hydrogens is 290 g/mol. The van der Waals surface area contributed by atoms with Crippen LogP contribution in [0.1, 0.15) is 17.3 Å². The van der Waals surface area contributed by atoms with Crippen LogP contribution in [0.2, 0.25) is 5.02 Å². The molecule has 0 spiro atoms. The lowest BCUT2D eigenvalue weighted by Crippen LogP contribution is -2.13. The molecule has 0 atom stereocenters. The predicted molar refractivity (Wildman–Crippen MR) is 84.4 cm³/mol. The van der Waals surface area contributed by atoms with Gasteiger partial charge in [-0.15, -0.1) is 0 Å². The number of rotatable bonds is 5. The highest BCUT2D eigenvalue weighted by molar-refractivity contribution is 6.34. The Balaban J connectivity index is 2.14. The Morgan fingerprint density at radius 3 is 2.67 bits per heavy atom. The number of benzene rings is 1. The molecule has 0 radical (unpaired) electrons.